The lowest BCUT2D eigenvalue weighted by Gasteiger charge is -2.13. The van der Waals surface area contributed by atoms with Crippen molar-refractivity contribution in [2.75, 3.05) is 7.11 Å². The quantitative estimate of drug-likeness (QED) is 0.466. The Hall–Kier alpha value is -3.70. The third-order valence-corrected chi connectivity index (χ3v) is 5.83. The van der Waals surface area contributed by atoms with Crippen molar-refractivity contribution in [3.05, 3.63) is 78.8 Å². The largest absolute Gasteiger partial charge is 0.496 e. The van der Waals surface area contributed by atoms with E-state index >= 15 is 0 Å². The fourth-order valence-electron chi connectivity index (χ4n) is 3.32. The van der Waals surface area contributed by atoms with Gasteiger partial charge >= 0.3 is 6.18 Å². The Kier molecular flexibility index (Phi) is 5.68. The summed E-state index contributed by atoms with van der Waals surface area (Å²) in [4.78, 5) is 3.81. The zero-order valence-corrected chi connectivity index (χ0v) is 17.9. The first-order valence-electron chi connectivity index (χ1n) is 9.47. The van der Waals surface area contributed by atoms with E-state index in [2.05, 4.69) is 10.1 Å². The van der Waals surface area contributed by atoms with Crippen LogP contribution in [0.5, 0.6) is 5.75 Å². The molecule has 2 N–H and O–H groups in total. The molecule has 0 radical (unpaired) electrons. The number of alkyl halides is 3. The van der Waals surface area contributed by atoms with E-state index in [0.717, 1.165) is 21.9 Å². The van der Waals surface area contributed by atoms with E-state index in [1.54, 1.807) is 42.7 Å². The van der Waals surface area contributed by atoms with Gasteiger partial charge in [0.25, 0.3) is 0 Å². The summed E-state index contributed by atoms with van der Waals surface area (Å²) >= 11 is 0. The molecular weight excluding hydrogens is 457 g/mol. The van der Waals surface area contributed by atoms with Crippen LogP contribution in [-0.4, -0.2) is 30.3 Å². The van der Waals surface area contributed by atoms with Crippen molar-refractivity contribution < 1.29 is 26.3 Å². The molecule has 2 heterocycles. The second-order valence-corrected chi connectivity index (χ2v) is 8.58. The van der Waals surface area contributed by atoms with Gasteiger partial charge in [0.1, 0.15) is 5.75 Å². The molecule has 4 rings (SSSR count). The van der Waals surface area contributed by atoms with Gasteiger partial charge in [-0.05, 0) is 65.7 Å². The molecule has 2 aromatic carbocycles. The van der Waals surface area contributed by atoms with E-state index in [1.165, 1.54) is 31.4 Å². The molecule has 170 valence electrons. The van der Waals surface area contributed by atoms with Gasteiger partial charge in [0.15, 0.2) is 5.69 Å². The number of primary sulfonamides is 1. The highest BCUT2D eigenvalue weighted by atomic mass is 32.2. The van der Waals surface area contributed by atoms with Crippen molar-refractivity contribution in [3.8, 4) is 33.8 Å². The first-order chi connectivity index (χ1) is 15.6. The van der Waals surface area contributed by atoms with Gasteiger partial charge in [-0.3, -0.25) is 4.98 Å². The fraction of sp³-hybridized carbons (Fsp3) is 0.0909. The van der Waals surface area contributed by atoms with Gasteiger partial charge in [-0.2, -0.15) is 18.3 Å². The Morgan fingerprint density at radius 1 is 0.939 bits per heavy atom. The summed E-state index contributed by atoms with van der Waals surface area (Å²) in [7, 11) is -2.55. The van der Waals surface area contributed by atoms with E-state index in [4.69, 9.17) is 9.88 Å². The van der Waals surface area contributed by atoms with Crippen LogP contribution in [0.3, 0.4) is 0 Å². The maximum atomic E-state index is 13.5. The smallest absolute Gasteiger partial charge is 0.435 e. The number of rotatable bonds is 5. The van der Waals surface area contributed by atoms with E-state index in [1.807, 2.05) is 0 Å². The summed E-state index contributed by atoms with van der Waals surface area (Å²) in [6.45, 7) is 0. The number of ether oxygens (including phenoxy) is 1. The molecule has 33 heavy (non-hydrogen) atoms. The van der Waals surface area contributed by atoms with Crippen LogP contribution in [-0.2, 0) is 16.2 Å². The van der Waals surface area contributed by atoms with Crippen LogP contribution in [0, 0.1) is 0 Å². The number of pyridine rings is 1. The van der Waals surface area contributed by atoms with Gasteiger partial charge in [0.2, 0.25) is 10.0 Å². The van der Waals surface area contributed by atoms with Gasteiger partial charge in [0.05, 0.1) is 23.4 Å². The molecule has 0 fully saturated rings. The molecule has 0 amide bonds. The zero-order chi connectivity index (χ0) is 23.8. The molecule has 0 bridgehead atoms. The number of sulfonamides is 1. The maximum Gasteiger partial charge on any atom is 0.435 e. The third-order valence-electron chi connectivity index (χ3n) is 4.90. The van der Waals surface area contributed by atoms with Crippen LogP contribution in [0.4, 0.5) is 13.2 Å². The minimum atomic E-state index is -4.70. The Balaban J connectivity index is 1.93. The molecule has 4 aromatic rings. The second kappa shape index (κ2) is 8.34. The van der Waals surface area contributed by atoms with Crippen LogP contribution < -0.4 is 9.88 Å². The predicted octanol–water partition coefficient (Wildman–Crippen LogP) is 4.28. The zero-order valence-electron chi connectivity index (χ0n) is 17.1. The number of methoxy groups -OCH3 is 1. The minimum Gasteiger partial charge on any atom is -0.496 e. The van der Waals surface area contributed by atoms with Crippen LogP contribution in [0.15, 0.2) is 78.0 Å². The topological polar surface area (TPSA) is 100 Å². The Labute approximate surface area is 187 Å². The Bertz CT molecular complexity index is 1400. The summed E-state index contributed by atoms with van der Waals surface area (Å²) in [5.74, 6) is 0.337. The average molecular weight is 474 g/mol. The number of hydrogen-bond donors (Lipinski definition) is 1. The van der Waals surface area contributed by atoms with Gasteiger partial charge in [0, 0.05) is 18.0 Å². The standard InChI is InChI=1S/C22H17F3N4O3S/c1-32-20-7-2-15(14-8-10-27-11-9-14)12-18(20)19-13-21(22(23,24)25)28-29(19)16-3-5-17(6-4-16)33(26,30)31/h2-13H,1H3,(H2,26,30,31). The lowest BCUT2D eigenvalue weighted by atomic mass is 10.0. The van der Waals surface area contributed by atoms with Crippen LogP contribution in [0.25, 0.3) is 28.1 Å². The summed E-state index contributed by atoms with van der Waals surface area (Å²) in [6, 6.07) is 14.7. The SMILES string of the molecule is COc1ccc(-c2ccncc2)cc1-c1cc(C(F)(F)F)nn1-c1ccc(S(N)(=O)=O)cc1. The number of halogens is 3. The van der Waals surface area contributed by atoms with E-state index < -0.39 is 21.9 Å². The molecule has 2 aromatic heterocycles. The molecule has 0 saturated carbocycles. The van der Waals surface area contributed by atoms with Gasteiger partial charge < -0.3 is 4.74 Å². The average Bonchev–Trinajstić information content (AvgIpc) is 3.25. The van der Waals surface area contributed by atoms with E-state index in [0.29, 0.717) is 11.3 Å². The van der Waals surface area contributed by atoms with E-state index in [9.17, 15) is 21.6 Å². The number of aromatic nitrogens is 3. The molecule has 11 heteroatoms. The van der Waals surface area contributed by atoms with E-state index in [-0.39, 0.29) is 16.3 Å². The third kappa shape index (κ3) is 4.59. The van der Waals surface area contributed by atoms with Gasteiger partial charge in [-0.25, -0.2) is 18.2 Å². The normalized spacial score (nSPS) is 12.0. The van der Waals surface area contributed by atoms with Gasteiger partial charge in [-0.15, -0.1) is 0 Å². The molecule has 0 atom stereocenters. The summed E-state index contributed by atoms with van der Waals surface area (Å²) in [5.41, 5.74) is 1.13. The Morgan fingerprint density at radius 3 is 2.18 bits per heavy atom. The maximum absolute atomic E-state index is 13.5. The second-order valence-electron chi connectivity index (χ2n) is 7.01. The van der Waals surface area contributed by atoms with Crippen molar-refractivity contribution in [1.82, 2.24) is 14.8 Å². The molecule has 0 saturated heterocycles. The molecule has 0 unspecified atom stereocenters. The number of nitrogens with two attached hydrogens (primary N) is 1. The summed E-state index contributed by atoms with van der Waals surface area (Å²) in [5, 5.41) is 8.86. The molecule has 0 spiro atoms. The molecule has 0 aliphatic rings. The highest BCUT2D eigenvalue weighted by Gasteiger charge is 2.35. The predicted molar refractivity (Wildman–Crippen MR) is 115 cm³/mol. The van der Waals surface area contributed by atoms with Crippen molar-refractivity contribution in [2.45, 2.75) is 11.1 Å². The Morgan fingerprint density at radius 2 is 1.61 bits per heavy atom. The molecular formula is C22H17F3N4O3S. The first-order valence-corrected chi connectivity index (χ1v) is 11.0. The minimum absolute atomic E-state index is 0.110. The molecule has 0 aliphatic carbocycles. The highest BCUT2D eigenvalue weighted by Crippen LogP contribution is 2.38. The van der Waals surface area contributed by atoms with Crippen LogP contribution in [0.1, 0.15) is 5.69 Å². The number of nitrogens with zero attached hydrogens (tertiary/aromatic N) is 3. The van der Waals surface area contributed by atoms with Crippen molar-refractivity contribution in [1.29, 1.82) is 0 Å². The van der Waals surface area contributed by atoms with Crippen LogP contribution in [0.2, 0.25) is 0 Å². The van der Waals surface area contributed by atoms with Crippen LogP contribution >= 0.6 is 0 Å². The summed E-state index contributed by atoms with van der Waals surface area (Å²) in [6.07, 6.45) is -1.48. The monoisotopic (exact) mass is 474 g/mol. The number of hydrogen-bond acceptors (Lipinski definition) is 5. The van der Waals surface area contributed by atoms with Crippen molar-refractivity contribution in [3.63, 3.8) is 0 Å². The highest BCUT2D eigenvalue weighted by molar-refractivity contribution is 7.89. The molecule has 7 nitrogen and oxygen atoms in total. The van der Waals surface area contributed by atoms with Gasteiger partial charge in [-0.1, -0.05) is 6.07 Å². The molecule has 0 aliphatic heterocycles. The lowest BCUT2D eigenvalue weighted by Crippen LogP contribution is -2.12. The fourth-order valence-corrected chi connectivity index (χ4v) is 3.83. The van der Waals surface area contributed by atoms with Crippen molar-refractivity contribution in [2.24, 2.45) is 5.14 Å². The summed E-state index contributed by atoms with van der Waals surface area (Å²) < 4.78 is 70.2. The van der Waals surface area contributed by atoms with Crippen molar-refractivity contribution >= 4 is 10.0 Å². The number of benzene rings is 2. The first kappa shape index (κ1) is 22.5. The lowest BCUT2D eigenvalue weighted by molar-refractivity contribution is -0.141.